The van der Waals surface area contributed by atoms with Crippen molar-refractivity contribution in [3.8, 4) is 0 Å². The standard InChI is InChI=1S/C18H26FN/c1-12-7-8-15(9-13(12)2)20-16-10-14(11-16)17-5-3-4-6-18(17)19/h3-6,12-16,20H,7-11H2,1-2H3. The molecule has 0 spiro atoms. The highest BCUT2D eigenvalue weighted by atomic mass is 19.1. The summed E-state index contributed by atoms with van der Waals surface area (Å²) >= 11 is 0. The normalized spacial score (nSPS) is 37.5. The molecule has 1 aromatic carbocycles. The summed E-state index contributed by atoms with van der Waals surface area (Å²) in [6.07, 6.45) is 6.17. The lowest BCUT2D eigenvalue weighted by atomic mass is 9.74. The second-order valence-corrected chi connectivity index (χ2v) is 7.02. The molecule has 0 saturated heterocycles. The van der Waals surface area contributed by atoms with Crippen molar-refractivity contribution in [1.82, 2.24) is 5.32 Å². The molecular weight excluding hydrogens is 249 g/mol. The highest BCUT2D eigenvalue weighted by molar-refractivity contribution is 5.24. The zero-order valence-corrected chi connectivity index (χ0v) is 12.6. The van der Waals surface area contributed by atoms with E-state index in [4.69, 9.17) is 0 Å². The Morgan fingerprint density at radius 2 is 1.70 bits per heavy atom. The van der Waals surface area contributed by atoms with Gasteiger partial charge in [-0.2, -0.15) is 0 Å². The highest BCUT2D eigenvalue weighted by Gasteiger charge is 2.34. The minimum absolute atomic E-state index is 0.0314. The maximum atomic E-state index is 13.7. The van der Waals surface area contributed by atoms with E-state index in [1.54, 1.807) is 12.1 Å². The summed E-state index contributed by atoms with van der Waals surface area (Å²) in [6, 6.07) is 8.54. The Kier molecular flexibility index (Phi) is 4.11. The first-order valence-corrected chi connectivity index (χ1v) is 8.14. The molecule has 110 valence electrons. The zero-order valence-electron chi connectivity index (χ0n) is 12.6. The van der Waals surface area contributed by atoms with E-state index in [1.807, 2.05) is 12.1 Å². The number of halogens is 1. The van der Waals surface area contributed by atoms with E-state index >= 15 is 0 Å². The second kappa shape index (κ2) is 5.85. The molecule has 2 saturated carbocycles. The van der Waals surface area contributed by atoms with Crippen molar-refractivity contribution >= 4 is 0 Å². The van der Waals surface area contributed by atoms with Crippen LogP contribution in [-0.4, -0.2) is 12.1 Å². The largest absolute Gasteiger partial charge is 0.311 e. The van der Waals surface area contributed by atoms with Gasteiger partial charge in [0.25, 0.3) is 0 Å². The maximum Gasteiger partial charge on any atom is 0.126 e. The molecule has 2 aliphatic rings. The van der Waals surface area contributed by atoms with Crippen molar-refractivity contribution in [2.45, 2.75) is 64.0 Å². The number of hydrogen-bond acceptors (Lipinski definition) is 1. The third-order valence-electron chi connectivity index (χ3n) is 5.55. The summed E-state index contributed by atoms with van der Waals surface area (Å²) in [7, 11) is 0. The predicted octanol–water partition coefficient (Wildman–Crippen LogP) is 4.49. The van der Waals surface area contributed by atoms with Crippen molar-refractivity contribution < 1.29 is 4.39 Å². The van der Waals surface area contributed by atoms with E-state index in [9.17, 15) is 4.39 Å². The molecular formula is C18H26FN. The summed E-state index contributed by atoms with van der Waals surface area (Å²) in [5.41, 5.74) is 0.913. The van der Waals surface area contributed by atoms with Gasteiger partial charge in [0.15, 0.2) is 0 Å². The van der Waals surface area contributed by atoms with Crippen LogP contribution in [0.1, 0.15) is 57.4 Å². The van der Waals surface area contributed by atoms with Crippen molar-refractivity contribution in [2.75, 3.05) is 0 Å². The fourth-order valence-corrected chi connectivity index (χ4v) is 3.85. The zero-order chi connectivity index (χ0) is 14.1. The summed E-state index contributed by atoms with van der Waals surface area (Å²) < 4.78 is 13.7. The fraction of sp³-hybridized carbons (Fsp3) is 0.667. The SMILES string of the molecule is CC1CCC(NC2CC(c3ccccc3F)C2)CC1C. The van der Waals surface area contributed by atoms with Crippen LogP contribution in [0.3, 0.4) is 0 Å². The Labute approximate surface area is 122 Å². The van der Waals surface area contributed by atoms with Crippen LogP contribution < -0.4 is 5.32 Å². The van der Waals surface area contributed by atoms with Crippen LogP contribution in [-0.2, 0) is 0 Å². The minimum atomic E-state index is -0.0314. The first-order chi connectivity index (χ1) is 9.63. The van der Waals surface area contributed by atoms with Crippen LogP contribution in [0.2, 0.25) is 0 Å². The lowest BCUT2D eigenvalue weighted by Crippen LogP contribution is -2.47. The lowest BCUT2D eigenvalue weighted by Gasteiger charge is -2.41. The highest BCUT2D eigenvalue weighted by Crippen LogP contribution is 2.39. The Hall–Kier alpha value is -0.890. The molecule has 2 heteroatoms. The number of rotatable bonds is 3. The van der Waals surface area contributed by atoms with E-state index in [1.165, 1.54) is 19.3 Å². The van der Waals surface area contributed by atoms with Gasteiger partial charge in [0.05, 0.1) is 0 Å². The summed E-state index contributed by atoms with van der Waals surface area (Å²) in [5, 5.41) is 3.80. The summed E-state index contributed by atoms with van der Waals surface area (Å²) in [5.74, 6) is 2.11. The van der Waals surface area contributed by atoms with Gasteiger partial charge in [0.2, 0.25) is 0 Å². The van der Waals surface area contributed by atoms with Crippen LogP contribution in [0.25, 0.3) is 0 Å². The van der Waals surface area contributed by atoms with E-state index in [0.29, 0.717) is 18.0 Å². The molecule has 3 atom stereocenters. The van der Waals surface area contributed by atoms with Crippen molar-refractivity contribution in [3.63, 3.8) is 0 Å². The Balaban J connectivity index is 1.48. The van der Waals surface area contributed by atoms with Gasteiger partial charge in [-0.1, -0.05) is 32.0 Å². The fourth-order valence-electron chi connectivity index (χ4n) is 3.85. The molecule has 0 heterocycles. The monoisotopic (exact) mass is 275 g/mol. The molecule has 0 bridgehead atoms. The Bertz CT molecular complexity index is 452. The summed E-state index contributed by atoms with van der Waals surface area (Å²) in [6.45, 7) is 4.75. The average molecular weight is 275 g/mol. The molecule has 0 aromatic heterocycles. The first-order valence-electron chi connectivity index (χ1n) is 8.14. The van der Waals surface area contributed by atoms with Gasteiger partial charge >= 0.3 is 0 Å². The van der Waals surface area contributed by atoms with Crippen LogP contribution >= 0.6 is 0 Å². The molecule has 1 nitrogen and oxygen atoms in total. The maximum absolute atomic E-state index is 13.7. The van der Waals surface area contributed by atoms with E-state index in [2.05, 4.69) is 19.2 Å². The molecule has 3 rings (SSSR count). The average Bonchev–Trinajstić information content (AvgIpc) is 2.39. The lowest BCUT2D eigenvalue weighted by molar-refractivity contribution is 0.182. The third-order valence-corrected chi connectivity index (χ3v) is 5.55. The molecule has 0 aliphatic heterocycles. The van der Waals surface area contributed by atoms with Crippen LogP contribution in [0.5, 0.6) is 0 Å². The topological polar surface area (TPSA) is 12.0 Å². The molecule has 20 heavy (non-hydrogen) atoms. The van der Waals surface area contributed by atoms with E-state index < -0.39 is 0 Å². The number of benzene rings is 1. The van der Waals surface area contributed by atoms with Crippen molar-refractivity contribution in [2.24, 2.45) is 11.8 Å². The predicted molar refractivity (Wildman–Crippen MR) is 81.3 cm³/mol. The third kappa shape index (κ3) is 2.90. The molecule has 2 fully saturated rings. The van der Waals surface area contributed by atoms with Gasteiger partial charge in [0, 0.05) is 12.1 Å². The summed E-state index contributed by atoms with van der Waals surface area (Å²) in [4.78, 5) is 0. The van der Waals surface area contributed by atoms with Crippen LogP contribution in [0.15, 0.2) is 24.3 Å². The van der Waals surface area contributed by atoms with Gasteiger partial charge in [-0.3, -0.25) is 0 Å². The molecule has 1 N–H and O–H groups in total. The van der Waals surface area contributed by atoms with Gasteiger partial charge in [-0.05, 0) is 61.5 Å². The van der Waals surface area contributed by atoms with Gasteiger partial charge in [0.1, 0.15) is 5.82 Å². The molecule has 2 aliphatic carbocycles. The number of hydrogen-bond donors (Lipinski definition) is 1. The van der Waals surface area contributed by atoms with Crippen molar-refractivity contribution in [1.29, 1.82) is 0 Å². The van der Waals surface area contributed by atoms with E-state index in [-0.39, 0.29) is 5.82 Å². The quantitative estimate of drug-likeness (QED) is 0.857. The van der Waals surface area contributed by atoms with Gasteiger partial charge in [-0.25, -0.2) is 4.39 Å². The van der Waals surface area contributed by atoms with Gasteiger partial charge < -0.3 is 5.32 Å². The van der Waals surface area contributed by atoms with E-state index in [0.717, 1.165) is 30.2 Å². The molecule has 1 aromatic rings. The first kappa shape index (κ1) is 14.1. The number of nitrogens with one attached hydrogen (secondary N) is 1. The molecule has 0 amide bonds. The Morgan fingerprint density at radius 1 is 0.950 bits per heavy atom. The molecule has 3 unspecified atom stereocenters. The molecule has 0 radical (unpaired) electrons. The Morgan fingerprint density at radius 3 is 2.40 bits per heavy atom. The van der Waals surface area contributed by atoms with Crippen LogP contribution in [0.4, 0.5) is 4.39 Å². The van der Waals surface area contributed by atoms with Gasteiger partial charge in [-0.15, -0.1) is 0 Å². The van der Waals surface area contributed by atoms with Crippen LogP contribution in [0, 0.1) is 17.7 Å². The van der Waals surface area contributed by atoms with Crippen molar-refractivity contribution in [3.05, 3.63) is 35.6 Å². The smallest absolute Gasteiger partial charge is 0.126 e. The minimum Gasteiger partial charge on any atom is -0.311 e. The second-order valence-electron chi connectivity index (χ2n) is 7.02.